The first kappa shape index (κ1) is 12.3. The van der Waals surface area contributed by atoms with Crippen molar-refractivity contribution in [3.05, 3.63) is 0 Å². The molecule has 5 heteroatoms. The van der Waals surface area contributed by atoms with Crippen LogP contribution in [0.5, 0.6) is 0 Å². The quantitative estimate of drug-likeness (QED) is 0.725. The highest BCUT2D eigenvalue weighted by molar-refractivity contribution is 7.89. The fraction of sp³-hybridized carbons (Fsp3) is 1.00. The van der Waals surface area contributed by atoms with E-state index < -0.39 is 10.0 Å². The van der Waals surface area contributed by atoms with Crippen LogP contribution in [0.2, 0.25) is 0 Å². The average Bonchev–Trinajstić information content (AvgIpc) is 2.64. The van der Waals surface area contributed by atoms with Crippen LogP contribution >= 0.6 is 0 Å². The molecule has 16 heavy (non-hydrogen) atoms. The van der Waals surface area contributed by atoms with Crippen LogP contribution in [0.25, 0.3) is 0 Å². The number of rotatable bonds is 6. The maximum Gasteiger partial charge on any atom is 0.211 e. The predicted molar refractivity (Wildman–Crippen MR) is 64.7 cm³/mol. The van der Waals surface area contributed by atoms with Gasteiger partial charge in [-0.1, -0.05) is 19.3 Å². The van der Waals surface area contributed by atoms with Gasteiger partial charge in [0.15, 0.2) is 0 Å². The van der Waals surface area contributed by atoms with Gasteiger partial charge < -0.3 is 5.32 Å². The van der Waals surface area contributed by atoms with Gasteiger partial charge in [-0.3, -0.25) is 0 Å². The third-order valence-corrected chi connectivity index (χ3v) is 5.15. The van der Waals surface area contributed by atoms with Crippen LogP contribution in [0.3, 0.4) is 0 Å². The van der Waals surface area contributed by atoms with Gasteiger partial charge in [-0.2, -0.15) is 0 Å². The van der Waals surface area contributed by atoms with Gasteiger partial charge in [0.1, 0.15) is 0 Å². The third kappa shape index (κ3) is 3.71. The van der Waals surface area contributed by atoms with Gasteiger partial charge in [0.05, 0.1) is 5.75 Å². The van der Waals surface area contributed by atoms with Crippen molar-refractivity contribution in [3.8, 4) is 0 Å². The zero-order valence-electron chi connectivity index (χ0n) is 9.74. The van der Waals surface area contributed by atoms with Crippen molar-refractivity contribution in [3.63, 3.8) is 0 Å². The Morgan fingerprint density at radius 2 is 2.00 bits per heavy atom. The van der Waals surface area contributed by atoms with Gasteiger partial charge in [0.2, 0.25) is 10.0 Å². The van der Waals surface area contributed by atoms with Crippen LogP contribution in [0.1, 0.15) is 32.1 Å². The highest BCUT2D eigenvalue weighted by Crippen LogP contribution is 2.29. The molecule has 0 radical (unpaired) electrons. The second-order valence-corrected chi connectivity index (χ2v) is 7.04. The van der Waals surface area contributed by atoms with Gasteiger partial charge in [0, 0.05) is 6.54 Å². The fourth-order valence-electron chi connectivity index (χ4n) is 2.31. The van der Waals surface area contributed by atoms with E-state index in [-0.39, 0.29) is 0 Å². The topological polar surface area (TPSA) is 58.2 Å². The average molecular weight is 246 g/mol. The summed E-state index contributed by atoms with van der Waals surface area (Å²) in [5.74, 6) is 1.47. The molecule has 1 aliphatic heterocycles. The Balaban J connectivity index is 1.65. The van der Waals surface area contributed by atoms with Crippen molar-refractivity contribution >= 4 is 10.0 Å². The van der Waals surface area contributed by atoms with E-state index in [1.807, 2.05) is 0 Å². The van der Waals surface area contributed by atoms with Gasteiger partial charge in [-0.05, 0) is 37.8 Å². The highest BCUT2D eigenvalue weighted by atomic mass is 32.2. The molecule has 2 N–H and O–H groups in total. The molecule has 1 heterocycles. The highest BCUT2D eigenvalue weighted by Gasteiger charge is 2.22. The van der Waals surface area contributed by atoms with Crippen LogP contribution in [-0.2, 0) is 10.0 Å². The second kappa shape index (κ2) is 5.47. The molecule has 94 valence electrons. The molecule has 2 aliphatic rings. The van der Waals surface area contributed by atoms with Crippen LogP contribution in [0, 0.1) is 11.8 Å². The molecule has 2 fully saturated rings. The largest absolute Gasteiger partial charge is 0.316 e. The molecule has 0 aromatic carbocycles. The maximum atomic E-state index is 11.7. The van der Waals surface area contributed by atoms with E-state index in [1.165, 1.54) is 19.3 Å². The van der Waals surface area contributed by atoms with Crippen molar-refractivity contribution in [1.29, 1.82) is 0 Å². The lowest BCUT2D eigenvalue weighted by Gasteiger charge is -2.25. The minimum atomic E-state index is -3.02. The van der Waals surface area contributed by atoms with Gasteiger partial charge >= 0.3 is 0 Å². The molecule has 1 saturated carbocycles. The molecule has 1 saturated heterocycles. The molecule has 0 aromatic rings. The Morgan fingerprint density at radius 1 is 1.19 bits per heavy atom. The summed E-state index contributed by atoms with van der Waals surface area (Å²) in [5.41, 5.74) is 0. The summed E-state index contributed by atoms with van der Waals surface area (Å²) < 4.78 is 26.1. The van der Waals surface area contributed by atoms with E-state index in [9.17, 15) is 8.42 Å². The number of hydrogen-bond donors (Lipinski definition) is 2. The van der Waals surface area contributed by atoms with Crippen molar-refractivity contribution < 1.29 is 8.42 Å². The lowest BCUT2D eigenvalue weighted by atomic mass is 9.84. The lowest BCUT2D eigenvalue weighted by Crippen LogP contribution is -2.33. The molecule has 0 aromatic heterocycles. The summed E-state index contributed by atoms with van der Waals surface area (Å²) in [6.45, 7) is 2.58. The van der Waals surface area contributed by atoms with E-state index in [2.05, 4.69) is 10.0 Å². The number of sulfonamides is 1. The van der Waals surface area contributed by atoms with Crippen LogP contribution in [0.15, 0.2) is 0 Å². The van der Waals surface area contributed by atoms with Gasteiger partial charge in [0.25, 0.3) is 0 Å². The molecular formula is C11H22N2O2S. The van der Waals surface area contributed by atoms with Gasteiger partial charge in [-0.25, -0.2) is 13.1 Å². The smallest absolute Gasteiger partial charge is 0.211 e. The van der Waals surface area contributed by atoms with E-state index in [0.29, 0.717) is 24.1 Å². The predicted octanol–water partition coefficient (Wildman–Crippen LogP) is 0.706. The maximum absolute atomic E-state index is 11.7. The first-order chi connectivity index (χ1) is 7.66. The first-order valence-electron chi connectivity index (χ1n) is 6.34. The monoisotopic (exact) mass is 246 g/mol. The Kier molecular flexibility index (Phi) is 4.21. The van der Waals surface area contributed by atoms with Crippen molar-refractivity contribution in [2.75, 3.05) is 25.4 Å². The molecule has 0 bridgehead atoms. The SMILES string of the molecule is O=S(=O)(CCC1CCC1)NCC1CCNC1. The Bertz CT molecular complexity index is 306. The third-order valence-electron chi connectivity index (χ3n) is 3.77. The summed E-state index contributed by atoms with van der Waals surface area (Å²) in [6, 6.07) is 0. The van der Waals surface area contributed by atoms with E-state index in [0.717, 1.165) is 25.9 Å². The zero-order valence-corrected chi connectivity index (χ0v) is 10.6. The van der Waals surface area contributed by atoms with Crippen molar-refractivity contribution in [2.45, 2.75) is 32.1 Å². The standard InChI is InChI=1S/C11H22N2O2S/c14-16(15,7-5-10-2-1-3-10)13-9-11-4-6-12-8-11/h10-13H,1-9H2. The summed E-state index contributed by atoms with van der Waals surface area (Å²) >= 11 is 0. The number of nitrogens with one attached hydrogen (secondary N) is 2. The lowest BCUT2D eigenvalue weighted by molar-refractivity contribution is 0.307. The second-order valence-electron chi connectivity index (χ2n) is 5.11. The normalized spacial score (nSPS) is 26.9. The molecule has 0 amide bonds. The number of hydrogen-bond acceptors (Lipinski definition) is 3. The van der Waals surface area contributed by atoms with E-state index in [1.54, 1.807) is 0 Å². The molecule has 2 rings (SSSR count). The van der Waals surface area contributed by atoms with Crippen LogP contribution < -0.4 is 10.0 Å². The summed E-state index contributed by atoms with van der Waals surface area (Å²) in [5, 5.41) is 3.24. The van der Waals surface area contributed by atoms with Crippen molar-refractivity contribution in [2.24, 2.45) is 11.8 Å². The first-order valence-corrected chi connectivity index (χ1v) is 7.99. The Hall–Kier alpha value is -0.130. The summed E-state index contributed by atoms with van der Waals surface area (Å²) in [4.78, 5) is 0. The fourth-order valence-corrected chi connectivity index (χ4v) is 3.59. The van der Waals surface area contributed by atoms with Crippen LogP contribution in [0.4, 0.5) is 0 Å². The van der Waals surface area contributed by atoms with Gasteiger partial charge in [-0.15, -0.1) is 0 Å². The van der Waals surface area contributed by atoms with Crippen molar-refractivity contribution in [1.82, 2.24) is 10.0 Å². The molecule has 1 atom stereocenters. The van der Waals surface area contributed by atoms with Crippen LogP contribution in [-0.4, -0.2) is 33.8 Å². The Morgan fingerprint density at radius 3 is 2.56 bits per heavy atom. The van der Waals surface area contributed by atoms with E-state index >= 15 is 0 Å². The Labute approximate surface area is 98.2 Å². The molecule has 1 aliphatic carbocycles. The minimum Gasteiger partial charge on any atom is -0.316 e. The zero-order chi connectivity index (χ0) is 11.4. The van der Waals surface area contributed by atoms with E-state index in [4.69, 9.17) is 0 Å². The summed E-state index contributed by atoms with van der Waals surface area (Å²) in [6.07, 6.45) is 5.67. The molecule has 0 spiro atoms. The minimum absolute atomic E-state index is 0.317. The summed E-state index contributed by atoms with van der Waals surface area (Å²) in [7, 11) is -3.02. The molecular weight excluding hydrogens is 224 g/mol. The molecule has 4 nitrogen and oxygen atoms in total. The molecule has 1 unspecified atom stereocenters.